The molecule has 2 N–H and O–H groups in total. The second kappa shape index (κ2) is 7.65. The Kier molecular flexibility index (Phi) is 5.52. The van der Waals surface area contributed by atoms with Gasteiger partial charge in [-0.25, -0.2) is 4.98 Å². The molecule has 0 amide bonds. The molecule has 4 nitrogen and oxygen atoms in total. The first kappa shape index (κ1) is 18.1. The summed E-state index contributed by atoms with van der Waals surface area (Å²) in [5, 5.41) is 0.577. The van der Waals surface area contributed by atoms with Crippen molar-refractivity contribution in [2.45, 2.75) is 46.0 Å². The van der Waals surface area contributed by atoms with Crippen molar-refractivity contribution in [1.29, 1.82) is 0 Å². The zero-order valence-corrected chi connectivity index (χ0v) is 16.4. The number of hydrogen-bond acceptors (Lipinski definition) is 5. The molecule has 2 aromatic rings. The van der Waals surface area contributed by atoms with E-state index in [-0.39, 0.29) is 0 Å². The number of ether oxygens (including phenoxy) is 2. The smallest absolute Gasteiger partial charge is 0.180 e. The van der Waals surface area contributed by atoms with E-state index in [9.17, 15) is 0 Å². The number of nitrogens with two attached hydrogens (primary N) is 1. The maximum atomic E-state index is 5.82. The minimum atomic E-state index is 0.577. The van der Waals surface area contributed by atoms with E-state index in [4.69, 9.17) is 15.2 Å². The molecule has 2 saturated carbocycles. The van der Waals surface area contributed by atoms with Gasteiger partial charge in [-0.15, -0.1) is 11.3 Å². The summed E-state index contributed by atoms with van der Waals surface area (Å²) < 4.78 is 10.8. The van der Waals surface area contributed by atoms with Crippen LogP contribution in [-0.4, -0.2) is 19.2 Å². The Balaban J connectivity index is 0.000000250. The highest BCUT2D eigenvalue weighted by atomic mass is 32.1. The van der Waals surface area contributed by atoms with Gasteiger partial charge in [0.15, 0.2) is 5.13 Å². The molecule has 2 aliphatic rings. The van der Waals surface area contributed by atoms with Crippen LogP contribution in [0.15, 0.2) is 12.1 Å². The van der Waals surface area contributed by atoms with Gasteiger partial charge in [0.1, 0.15) is 11.5 Å². The second-order valence-electron chi connectivity index (χ2n) is 6.89. The van der Waals surface area contributed by atoms with Crippen LogP contribution in [0, 0.1) is 18.8 Å². The summed E-state index contributed by atoms with van der Waals surface area (Å²) in [4.78, 5) is 5.58. The first-order chi connectivity index (χ1) is 12.1. The molecule has 1 aromatic carbocycles. The Bertz CT molecular complexity index is 734. The van der Waals surface area contributed by atoms with Crippen LogP contribution in [0.25, 0.3) is 11.3 Å². The quantitative estimate of drug-likeness (QED) is 0.825. The molecule has 0 aliphatic heterocycles. The van der Waals surface area contributed by atoms with Crippen molar-refractivity contribution in [3.05, 3.63) is 22.6 Å². The molecule has 0 bridgehead atoms. The van der Waals surface area contributed by atoms with Crippen LogP contribution in [0.1, 0.15) is 43.0 Å². The highest BCUT2D eigenvalue weighted by Crippen LogP contribution is 2.51. The number of hydrogen-bond donors (Lipinski definition) is 1. The molecule has 1 aromatic heterocycles. The Morgan fingerprint density at radius 2 is 1.84 bits per heavy atom. The van der Waals surface area contributed by atoms with Gasteiger partial charge in [0.2, 0.25) is 0 Å². The number of aryl methyl sites for hydroxylation is 2. The van der Waals surface area contributed by atoms with Crippen molar-refractivity contribution in [2.75, 3.05) is 20.0 Å². The third-order valence-corrected chi connectivity index (χ3v) is 6.25. The maximum Gasteiger partial charge on any atom is 0.180 e. The Morgan fingerprint density at radius 3 is 2.32 bits per heavy atom. The zero-order valence-electron chi connectivity index (χ0n) is 15.6. The first-order valence-electron chi connectivity index (χ1n) is 9.05. The lowest BCUT2D eigenvalue weighted by Crippen LogP contribution is -1.95. The molecular weight excluding hydrogens is 332 g/mol. The molecule has 136 valence electrons. The first-order valence-corrected chi connectivity index (χ1v) is 9.87. The summed E-state index contributed by atoms with van der Waals surface area (Å²) in [5.74, 6) is 4.04. The van der Waals surface area contributed by atoms with Gasteiger partial charge in [0.05, 0.1) is 19.9 Å². The molecule has 4 rings (SSSR count). The van der Waals surface area contributed by atoms with Crippen LogP contribution >= 0.6 is 11.3 Å². The lowest BCUT2D eigenvalue weighted by molar-refractivity contribution is 0.401. The fraction of sp³-hybridized carbons (Fsp3) is 0.550. The molecule has 0 spiro atoms. The van der Waals surface area contributed by atoms with E-state index >= 15 is 0 Å². The number of methoxy groups -OCH3 is 2. The summed E-state index contributed by atoms with van der Waals surface area (Å²) in [6.07, 6.45) is 7.13. The number of aromatic nitrogens is 1. The van der Waals surface area contributed by atoms with Crippen molar-refractivity contribution < 1.29 is 9.47 Å². The Labute approximate surface area is 154 Å². The van der Waals surface area contributed by atoms with Gasteiger partial charge < -0.3 is 15.2 Å². The molecule has 2 unspecified atom stereocenters. The largest absolute Gasteiger partial charge is 0.496 e. The molecule has 0 saturated heterocycles. The molecule has 2 aliphatic carbocycles. The highest BCUT2D eigenvalue weighted by molar-refractivity contribution is 7.15. The number of rotatable bonds is 4. The second-order valence-corrected chi connectivity index (χ2v) is 8.00. The molecular formula is C20H28N2O2S. The minimum absolute atomic E-state index is 0.577. The number of nitrogens with zero attached hydrogens (tertiary/aromatic N) is 1. The Hall–Kier alpha value is -1.75. The summed E-state index contributed by atoms with van der Waals surface area (Å²) in [5.41, 5.74) is 8.67. The normalized spacial score (nSPS) is 20.5. The monoisotopic (exact) mass is 360 g/mol. The lowest BCUT2D eigenvalue weighted by Gasteiger charge is -2.12. The fourth-order valence-corrected chi connectivity index (χ4v) is 4.50. The average molecular weight is 361 g/mol. The highest BCUT2D eigenvalue weighted by Gasteiger charge is 2.40. The number of thiazole rings is 1. The van der Waals surface area contributed by atoms with Crippen molar-refractivity contribution in [2.24, 2.45) is 11.8 Å². The van der Waals surface area contributed by atoms with E-state index in [0.717, 1.165) is 39.6 Å². The number of anilines is 1. The minimum Gasteiger partial charge on any atom is -0.496 e. The van der Waals surface area contributed by atoms with Gasteiger partial charge in [0.25, 0.3) is 0 Å². The summed E-state index contributed by atoms with van der Waals surface area (Å²) >= 11 is 1.52. The molecule has 0 radical (unpaired) electrons. The predicted octanol–water partition coefficient (Wildman–Crippen LogP) is 5.09. The van der Waals surface area contributed by atoms with E-state index in [1.165, 1.54) is 29.6 Å². The summed E-state index contributed by atoms with van der Waals surface area (Å²) in [6, 6.07) is 3.92. The van der Waals surface area contributed by atoms with Crippen LogP contribution < -0.4 is 15.2 Å². The fourth-order valence-electron chi connectivity index (χ4n) is 3.72. The van der Waals surface area contributed by atoms with Gasteiger partial charge in [-0.3, -0.25) is 0 Å². The van der Waals surface area contributed by atoms with E-state index in [0.29, 0.717) is 5.13 Å². The maximum absolute atomic E-state index is 5.82. The molecule has 25 heavy (non-hydrogen) atoms. The predicted molar refractivity (Wildman–Crippen MR) is 105 cm³/mol. The summed E-state index contributed by atoms with van der Waals surface area (Å²) in [6.45, 7) is 4.08. The van der Waals surface area contributed by atoms with E-state index in [1.54, 1.807) is 33.5 Å². The van der Waals surface area contributed by atoms with Crippen LogP contribution in [0.3, 0.4) is 0 Å². The average Bonchev–Trinajstić information content (AvgIpc) is 3.03. The van der Waals surface area contributed by atoms with Crippen LogP contribution in [-0.2, 0) is 6.42 Å². The number of fused-ring (bicyclic) bond motifs is 1. The molecule has 1 heterocycles. The van der Waals surface area contributed by atoms with E-state index in [1.807, 2.05) is 19.1 Å². The van der Waals surface area contributed by atoms with Gasteiger partial charge in [-0.05, 0) is 49.3 Å². The molecule has 5 heteroatoms. The van der Waals surface area contributed by atoms with Gasteiger partial charge in [-0.1, -0.05) is 26.2 Å². The van der Waals surface area contributed by atoms with Gasteiger partial charge in [-0.2, -0.15) is 0 Å². The van der Waals surface area contributed by atoms with Crippen molar-refractivity contribution in [3.63, 3.8) is 0 Å². The molecule has 2 fully saturated rings. The number of nitrogen functional groups attached to an aromatic ring is 1. The van der Waals surface area contributed by atoms with Crippen LogP contribution in [0.5, 0.6) is 11.5 Å². The standard InChI is InChI=1S/C14H18N2O2S.C6H10/c1-5-12-13(16-14(15)19-12)9-7-10(17-3)8(2)6-11(9)18-4;1-2-5-4-6(5)3-1/h6-7H,5H2,1-4H3,(H2,15,16);5-6H,1-4H2. The third-order valence-electron chi connectivity index (χ3n) is 5.23. The zero-order chi connectivity index (χ0) is 18.0. The third kappa shape index (κ3) is 3.92. The van der Waals surface area contributed by atoms with Gasteiger partial charge >= 0.3 is 0 Å². The summed E-state index contributed by atoms with van der Waals surface area (Å²) in [7, 11) is 3.32. The van der Waals surface area contributed by atoms with Gasteiger partial charge in [0, 0.05) is 10.4 Å². The Morgan fingerprint density at radius 1 is 1.16 bits per heavy atom. The SMILES string of the molecule is C1CC2CC2C1.CCc1sc(N)nc1-c1cc(OC)c(C)cc1OC. The van der Waals surface area contributed by atoms with Crippen molar-refractivity contribution in [3.8, 4) is 22.8 Å². The van der Waals surface area contributed by atoms with Crippen LogP contribution in [0.4, 0.5) is 5.13 Å². The van der Waals surface area contributed by atoms with E-state index in [2.05, 4.69) is 11.9 Å². The van der Waals surface area contributed by atoms with Crippen molar-refractivity contribution in [1.82, 2.24) is 4.98 Å². The lowest BCUT2D eigenvalue weighted by atomic mass is 10.1. The van der Waals surface area contributed by atoms with Crippen LogP contribution in [0.2, 0.25) is 0 Å². The molecule has 2 atom stereocenters. The number of benzene rings is 1. The van der Waals surface area contributed by atoms with E-state index < -0.39 is 0 Å². The topological polar surface area (TPSA) is 57.4 Å². The van der Waals surface area contributed by atoms with Crippen molar-refractivity contribution >= 4 is 16.5 Å².